The van der Waals surface area contributed by atoms with Gasteiger partial charge in [-0.2, -0.15) is 0 Å². The number of carbonyl (C=O) groups is 1. The average Bonchev–Trinajstić information content (AvgIpc) is 2.65. The minimum Gasteiger partial charge on any atom is -0.456 e. The molecule has 1 aromatic heterocycles. The van der Waals surface area contributed by atoms with Crippen LogP contribution in [-0.4, -0.2) is 17.3 Å². The van der Waals surface area contributed by atoms with Crippen LogP contribution in [0.4, 0.5) is 0 Å². The van der Waals surface area contributed by atoms with Gasteiger partial charge in [0.2, 0.25) is 0 Å². The van der Waals surface area contributed by atoms with Crippen molar-refractivity contribution >= 4 is 21.8 Å². The van der Waals surface area contributed by atoms with Crippen LogP contribution in [0.5, 0.6) is 0 Å². The fraction of sp³-hybridized carbons (Fsp3) is 0.545. The SMILES string of the molecule is CCc1ccc(C(=O)NCCC(C)Br)o1. The van der Waals surface area contributed by atoms with E-state index in [1.54, 1.807) is 6.07 Å². The van der Waals surface area contributed by atoms with Crippen molar-refractivity contribution in [3.05, 3.63) is 23.7 Å². The molecule has 1 aromatic rings. The standard InChI is InChI=1S/C11H16BrNO2/c1-3-9-4-5-10(15-9)11(14)13-7-6-8(2)12/h4-5,8H,3,6-7H2,1-2H3,(H,13,14). The van der Waals surface area contributed by atoms with Crippen molar-refractivity contribution in [2.75, 3.05) is 6.54 Å². The van der Waals surface area contributed by atoms with E-state index in [2.05, 4.69) is 21.2 Å². The molecule has 1 unspecified atom stereocenters. The first-order valence-electron chi connectivity index (χ1n) is 5.14. The van der Waals surface area contributed by atoms with Crippen LogP contribution in [0.2, 0.25) is 0 Å². The zero-order chi connectivity index (χ0) is 11.3. The summed E-state index contributed by atoms with van der Waals surface area (Å²) < 4.78 is 5.33. The van der Waals surface area contributed by atoms with Gasteiger partial charge in [0.05, 0.1) is 0 Å². The highest BCUT2D eigenvalue weighted by molar-refractivity contribution is 9.09. The predicted octanol–water partition coefficient (Wildman–Crippen LogP) is 2.75. The molecule has 0 saturated heterocycles. The smallest absolute Gasteiger partial charge is 0.286 e. The quantitative estimate of drug-likeness (QED) is 0.839. The maximum absolute atomic E-state index is 11.5. The van der Waals surface area contributed by atoms with Gasteiger partial charge in [-0.1, -0.05) is 29.8 Å². The Hall–Kier alpha value is -0.770. The van der Waals surface area contributed by atoms with Gasteiger partial charge in [0.25, 0.3) is 5.91 Å². The largest absolute Gasteiger partial charge is 0.456 e. The number of halogens is 1. The third kappa shape index (κ3) is 4.08. The number of amides is 1. The van der Waals surface area contributed by atoms with Crippen molar-refractivity contribution in [2.24, 2.45) is 0 Å². The summed E-state index contributed by atoms with van der Waals surface area (Å²) in [5, 5.41) is 2.81. The molecule has 0 aliphatic heterocycles. The van der Waals surface area contributed by atoms with E-state index in [1.165, 1.54) is 0 Å². The molecule has 1 amide bonds. The van der Waals surface area contributed by atoms with Crippen LogP contribution in [0.25, 0.3) is 0 Å². The fourth-order valence-corrected chi connectivity index (χ4v) is 1.39. The van der Waals surface area contributed by atoms with Crippen LogP contribution in [-0.2, 0) is 6.42 Å². The maximum atomic E-state index is 11.5. The van der Waals surface area contributed by atoms with Crippen molar-refractivity contribution in [3.63, 3.8) is 0 Å². The van der Waals surface area contributed by atoms with Crippen LogP contribution in [0.3, 0.4) is 0 Å². The topological polar surface area (TPSA) is 42.2 Å². The molecule has 0 radical (unpaired) electrons. The highest BCUT2D eigenvalue weighted by Gasteiger charge is 2.09. The summed E-state index contributed by atoms with van der Waals surface area (Å²) in [5.41, 5.74) is 0. The molecular formula is C11H16BrNO2. The van der Waals surface area contributed by atoms with Gasteiger partial charge in [-0.05, 0) is 18.6 Å². The molecule has 84 valence electrons. The van der Waals surface area contributed by atoms with Crippen molar-refractivity contribution in [3.8, 4) is 0 Å². The van der Waals surface area contributed by atoms with Crippen molar-refractivity contribution < 1.29 is 9.21 Å². The Morgan fingerprint density at radius 2 is 2.33 bits per heavy atom. The number of hydrogen-bond donors (Lipinski definition) is 1. The number of carbonyl (C=O) groups excluding carboxylic acids is 1. The average molecular weight is 274 g/mol. The summed E-state index contributed by atoms with van der Waals surface area (Å²) in [4.78, 5) is 12.0. The molecule has 0 aliphatic rings. The maximum Gasteiger partial charge on any atom is 0.286 e. The monoisotopic (exact) mass is 273 g/mol. The summed E-state index contributed by atoms with van der Waals surface area (Å²) in [5.74, 6) is 1.10. The Bertz CT molecular complexity index is 320. The molecule has 1 rings (SSSR count). The van der Waals surface area contributed by atoms with Gasteiger partial charge in [0.1, 0.15) is 5.76 Å². The van der Waals surface area contributed by atoms with Crippen molar-refractivity contribution in [1.82, 2.24) is 5.32 Å². The molecule has 15 heavy (non-hydrogen) atoms. The first-order chi connectivity index (χ1) is 7.13. The zero-order valence-corrected chi connectivity index (χ0v) is 10.6. The molecule has 1 heterocycles. The Labute approximate surface area is 98.4 Å². The lowest BCUT2D eigenvalue weighted by Gasteiger charge is -2.04. The number of furan rings is 1. The molecule has 0 bridgehead atoms. The predicted molar refractivity (Wildman–Crippen MR) is 63.4 cm³/mol. The molecule has 1 N–H and O–H groups in total. The van der Waals surface area contributed by atoms with E-state index < -0.39 is 0 Å². The number of hydrogen-bond acceptors (Lipinski definition) is 2. The van der Waals surface area contributed by atoms with Crippen LogP contribution in [0, 0.1) is 0 Å². The Balaban J connectivity index is 2.40. The number of aryl methyl sites for hydroxylation is 1. The van der Waals surface area contributed by atoms with Gasteiger partial charge in [0, 0.05) is 17.8 Å². The van der Waals surface area contributed by atoms with Crippen LogP contribution in [0.15, 0.2) is 16.5 Å². The summed E-state index contributed by atoms with van der Waals surface area (Å²) >= 11 is 3.42. The van der Waals surface area contributed by atoms with Crippen molar-refractivity contribution in [2.45, 2.75) is 31.5 Å². The first kappa shape index (κ1) is 12.3. The summed E-state index contributed by atoms with van der Waals surface area (Å²) in [6.07, 6.45) is 1.72. The second-order valence-corrected chi connectivity index (χ2v) is 5.01. The highest BCUT2D eigenvalue weighted by atomic mass is 79.9. The molecule has 4 heteroatoms. The van der Waals surface area contributed by atoms with E-state index in [0.717, 1.165) is 18.6 Å². The van der Waals surface area contributed by atoms with Crippen molar-refractivity contribution in [1.29, 1.82) is 0 Å². The second-order valence-electron chi connectivity index (χ2n) is 3.44. The molecule has 0 fully saturated rings. The third-order valence-corrected chi connectivity index (χ3v) is 2.52. The normalized spacial score (nSPS) is 12.5. The van der Waals surface area contributed by atoms with Gasteiger partial charge in [-0.25, -0.2) is 0 Å². The summed E-state index contributed by atoms with van der Waals surface area (Å²) in [7, 11) is 0. The van der Waals surface area contributed by atoms with E-state index >= 15 is 0 Å². The van der Waals surface area contributed by atoms with E-state index in [4.69, 9.17) is 4.42 Å². The molecule has 0 saturated carbocycles. The number of rotatable bonds is 5. The van der Waals surface area contributed by atoms with Gasteiger partial charge in [-0.3, -0.25) is 4.79 Å². The lowest BCUT2D eigenvalue weighted by molar-refractivity contribution is 0.0924. The Morgan fingerprint density at radius 3 is 2.87 bits per heavy atom. The summed E-state index contributed by atoms with van der Waals surface area (Å²) in [6, 6.07) is 3.55. The van der Waals surface area contributed by atoms with Gasteiger partial charge >= 0.3 is 0 Å². The van der Waals surface area contributed by atoms with E-state index in [-0.39, 0.29) is 5.91 Å². The zero-order valence-electron chi connectivity index (χ0n) is 9.05. The summed E-state index contributed by atoms with van der Waals surface area (Å²) in [6.45, 7) is 4.70. The lowest BCUT2D eigenvalue weighted by atomic mass is 10.3. The molecular weight excluding hydrogens is 258 g/mol. The van der Waals surface area contributed by atoms with Crippen LogP contribution >= 0.6 is 15.9 Å². The van der Waals surface area contributed by atoms with E-state index in [9.17, 15) is 4.79 Å². The van der Waals surface area contributed by atoms with Gasteiger partial charge in [0.15, 0.2) is 5.76 Å². The van der Waals surface area contributed by atoms with Gasteiger partial charge < -0.3 is 9.73 Å². The van der Waals surface area contributed by atoms with E-state index in [0.29, 0.717) is 17.1 Å². The minimum atomic E-state index is -0.136. The molecule has 3 nitrogen and oxygen atoms in total. The molecule has 1 atom stereocenters. The molecule has 0 spiro atoms. The Kier molecular flexibility index (Phi) is 4.88. The Morgan fingerprint density at radius 1 is 1.60 bits per heavy atom. The number of alkyl halides is 1. The molecule has 0 aliphatic carbocycles. The fourth-order valence-electron chi connectivity index (χ4n) is 1.16. The molecule has 0 aromatic carbocycles. The van der Waals surface area contributed by atoms with Crippen LogP contribution in [0.1, 0.15) is 36.6 Å². The minimum absolute atomic E-state index is 0.136. The lowest BCUT2D eigenvalue weighted by Crippen LogP contribution is -2.25. The van der Waals surface area contributed by atoms with E-state index in [1.807, 2.05) is 19.9 Å². The second kappa shape index (κ2) is 5.95. The highest BCUT2D eigenvalue weighted by Crippen LogP contribution is 2.08. The van der Waals surface area contributed by atoms with Crippen LogP contribution < -0.4 is 5.32 Å². The van der Waals surface area contributed by atoms with Gasteiger partial charge in [-0.15, -0.1) is 0 Å². The first-order valence-corrected chi connectivity index (χ1v) is 6.06. The third-order valence-electron chi connectivity index (χ3n) is 2.06. The number of nitrogens with one attached hydrogen (secondary N) is 1.